The largest absolute Gasteiger partial charge is 0.506 e. The fourth-order valence-electron chi connectivity index (χ4n) is 3.90. The normalized spacial score (nSPS) is 18.6. The van der Waals surface area contributed by atoms with E-state index in [1.165, 1.54) is 43.4 Å². The number of halogens is 1. The first-order chi connectivity index (χ1) is 14.8. The lowest BCUT2D eigenvalue weighted by Gasteiger charge is -2.27. The Balaban J connectivity index is 0.00000166. The van der Waals surface area contributed by atoms with Crippen LogP contribution in [0.4, 0.5) is 5.69 Å². The average molecular weight is 539 g/mol. The molecule has 0 unspecified atom stereocenters. The maximum absolute atomic E-state index is 9.99. The first-order valence-electron chi connectivity index (χ1n) is 10.5. The van der Waals surface area contributed by atoms with Crippen molar-refractivity contribution < 1.29 is 14.9 Å². The van der Waals surface area contributed by atoms with Crippen molar-refractivity contribution in [3.05, 3.63) is 60.2 Å². The summed E-state index contributed by atoms with van der Waals surface area (Å²) in [5.74, 6) is -0.766. The summed E-state index contributed by atoms with van der Waals surface area (Å²) in [4.78, 5) is 1.97. The summed E-state index contributed by atoms with van der Waals surface area (Å²) in [7, 11) is 0. The van der Waals surface area contributed by atoms with Gasteiger partial charge in [-0.25, -0.2) is 0 Å². The third-order valence-electron chi connectivity index (χ3n) is 5.82. The van der Waals surface area contributed by atoms with Crippen LogP contribution in [0, 0.1) is 5.92 Å². The second kappa shape index (κ2) is 11.6. The van der Waals surface area contributed by atoms with Crippen molar-refractivity contribution in [2.24, 2.45) is 17.4 Å². The second-order valence-corrected chi connectivity index (χ2v) is 7.99. The van der Waals surface area contributed by atoms with Gasteiger partial charge in [-0.15, -0.1) is 6.58 Å². The molecular formula is C24H34IN3O3. The minimum atomic E-state index is -1.48. The van der Waals surface area contributed by atoms with Crippen LogP contribution in [-0.2, 0) is 6.42 Å². The average Bonchev–Trinajstić information content (AvgIpc) is 2.80. The molecule has 0 amide bonds. The predicted octanol–water partition coefficient (Wildman–Crippen LogP) is 4.77. The second-order valence-electron chi connectivity index (χ2n) is 7.99. The first-order valence-corrected chi connectivity index (χ1v) is 12.6. The van der Waals surface area contributed by atoms with Crippen LogP contribution < -0.4 is 21.9 Å². The number of phenolic OH excluding ortho intramolecular Hbond substituents is 2. The third kappa shape index (κ3) is 7.02. The van der Waals surface area contributed by atoms with Crippen molar-refractivity contribution in [2.45, 2.75) is 50.3 Å². The van der Waals surface area contributed by atoms with Crippen LogP contribution in [0.25, 0.3) is 0 Å². The molecule has 0 aromatic heterocycles. The van der Waals surface area contributed by atoms with E-state index in [9.17, 15) is 10.2 Å². The number of hydrogen-bond donors (Lipinski definition) is 5. The van der Waals surface area contributed by atoms with E-state index in [0.717, 1.165) is 5.56 Å². The summed E-state index contributed by atoms with van der Waals surface area (Å²) in [6.07, 6.45) is 7.90. The van der Waals surface area contributed by atoms with Crippen molar-refractivity contribution in [2.75, 3.05) is 10.7 Å². The van der Waals surface area contributed by atoms with Gasteiger partial charge in [0, 0.05) is 6.42 Å². The number of nitrogens with two attached hydrogens (primary N) is 3. The van der Waals surface area contributed by atoms with Crippen LogP contribution in [0.5, 0.6) is 17.2 Å². The van der Waals surface area contributed by atoms with Crippen LogP contribution in [0.3, 0.4) is 0 Å². The van der Waals surface area contributed by atoms with Crippen molar-refractivity contribution in [1.82, 2.24) is 0 Å². The Kier molecular flexibility index (Phi) is 9.46. The molecule has 0 bridgehead atoms. The molecule has 0 heterocycles. The number of aryl methyl sites for hydroxylation is 1. The predicted molar refractivity (Wildman–Crippen MR) is 136 cm³/mol. The summed E-state index contributed by atoms with van der Waals surface area (Å²) < 4.78 is 5.54. The number of nitrogen functional groups attached to an aromatic ring is 1. The van der Waals surface area contributed by atoms with Crippen LogP contribution in [0.15, 0.2) is 49.1 Å². The summed E-state index contributed by atoms with van der Waals surface area (Å²) in [5, 5.41) is 19.5. The Morgan fingerprint density at radius 1 is 1.06 bits per heavy atom. The van der Waals surface area contributed by atoms with Gasteiger partial charge in [0.05, 0.1) is 0 Å². The zero-order chi connectivity index (χ0) is 23.0. The van der Waals surface area contributed by atoms with Crippen LogP contribution in [-0.4, -0.2) is 21.0 Å². The molecule has 2 aromatic carbocycles. The van der Waals surface area contributed by atoms with Gasteiger partial charge in [-0.1, -0.05) is 52.9 Å². The summed E-state index contributed by atoms with van der Waals surface area (Å²) >= 11 is 2.15. The van der Waals surface area contributed by atoms with E-state index < -0.39 is 5.85 Å². The molecule has 0 radical (unpaired) electrons. The molecule has 0 aliphatic heterocycles. The molecule has 0 saturated heterocycles. The highest BCUT2D eigenvalue weighted by molar-refractivity contribution is 14.1. The van der Waals surface area contributed by atoms with Gasteiger partial charge in [0.1, 0.15) is 11.4 Å². The zero-order valence-corrected chi connectivity index (χ0v) is 20.2. The first kappa shape index (κ1) is 25.3. The van der Waals surface area contributed by atoms with E-state index in [-0.39, 0.29) is 22.9 Å². The highest BCUT2D eigenvalue weighted by atomic mass is 127. The number of ether oxygens (including phenoxy) is 1. The molecule has 3 rings (SSSR count). The number of benzene rings is 2. The van der Waals surface area contributed by atoms with Gasteiger partial charge in [-0.2, -0.15) is 0 Å². The number of anilines is 1. The number of allylic oxidation sites excluding steroid dienone is 1. The van der Waals surface area contributed by atoms with E-state index in [0.29, 0.717) is 24.7 Å². The van der Waals surface area contributed by atoms with Gasteiger partial charge in [-0.3, -0.25) is 11.5 Å². The quantitative estimate of drug-likeness (QED) is 0.0861. The number of phenols is 2. The fourth-order valence-corrected chi connectivity index (χ4v) is 3.90. The Hall–Kier alpha value is -1.97. The molecule has 1 saturated carbocycles. The topological polar surface area (TPSA) is 128 Å². The summed E-state index contributed by atoms with van der Waals surface area (Å²) in [6, 6.07) is 11.3. The zero-order valence-electron chi connectivity index (χ0n) is 18.1. The number of hydrogen-bond acceptors (Lipinski definition) is 6. The highest BCUT2D eigenvalue weighted by Gasteiger charge is 2.24. The van der Waals surface area contributed by atoms with Gasteiger partial charge in [0.2, 0.25) is 5.85 Å². The molecule has 1 aliphatic rings. The Morgan fingerprint density at radius 3 is 2.26 bits per heavy atom. The Bertz CT molecular complexity index is 848. The maximum atomic E-state index is 9.99. The Morgan fingerprint density at radius 2 is 1.68 bits per heavy atom. The van der Waals surface area contributed by atoms with Crippen molar-refractivity contribution in [3.63, 3.8) is 0 Å². The van der Waals surface area contributed by atoms with E-state index in [1.54, 1.807) is 0 Å². The highest BCUT2D eigenvalue weighted by Crippen LogP contribution is 2.39. The molecule has 1 aliphatic carbocycles. The molecule has 2 aromatic rings. The number of aromatic hydroxyl groups is 2. The van der Waals surface area contributed by atoms with E-state index in [4.69, 9.17) is 21.9 Å². The van der Waals surface area contributed by atoms with Gasteiger partial charge >= 0.3 is 0 Å². The SMILES string of the molecule is C=CC1CCC(c2ccc(CCC(N)(N)Oc3ccc(O)c(N)c3O)cc2)CC1.CI. The molecule has 8 N–H and O–H groups in total. The Labute approximate surface area is 198 Å². The minimum Gasteiger partial charge on any atom is -0.506 e. The number of rotatable bonds is 7. The minimum absolute atomic E-state index is 0.0378. The lowest BCUT2D eigenvalue weighted by atomic mass is 9.78. The lowest BCUT2D eigenvalue weighted by molar-refractivity contribution is 0.0700. The summed E-state index contributed by atoms with van der Waals surface area (Å²) in [5.41, 5.74) is 20.0. The molecule has 0 spiro atoms. The molecule has 0 atom stereocenters. The van der Waals surface area contributed by atoms with Crippen LogP contribution >= 0.6 is 22.6 Å². The molecule has 170 valence electrons. The van der Waals surface area contributed by atoms with Gasteiger partial charge in [-0.05, 0) is 72.1 Å². The standard InChI is InChI=1S/C23H31N3O3.CH3I/c1-2-15-3-7-17(8-4-15)18-9-5-16(6-10-18)13-14-23(25,26)29-20-12-11-19(27)21(24)22(20)28;1-2/h2,5-6,9-12,15,17,27-28H,1,3-4,7-8,13-14,24-26H2;1H3. The molecule has 31 heavy (non-hydrogen) atoms. The number of alkyl halides is 1. The van der Waals surface area contributed by atoms with Crippen molar-refractivity contribution in [1.29, 1.82) is 0 Å². The van der Waals surface area contributed by atoms with Gasteiger partial charge in [0.15, 0.2) is 11.5 Å². The smallest absolute Gasteiger partial charge is 0.213 e. The monoisotopic (exact) mass is 539 g/mol. The van der Waals surface area contributed by atoms with E-state index >= 15 is 0 Å². The van der Waals surface area contributed by atoms with Crippen molar-refractivity contribution >= 4 is 28.3 Å². The van der Waals surface area contributed by atoms with E-state index in [2.05, 4.69) is 59.5 Å². The van der Waals surface area contributed by atoms with Gasteiger partial charge in [0.25, 0.3) is 0 Å². The van der Waals surface area contributed by atoms with E-state index in [1.807, 2.05) is 4.93 Å². The summed E-state index contributed by atoms with van der Waals surface area (Å²) in [6.45, 7) is 3.91. The molecule has 1 fully saturated rings. The molecule has 7 heteroatoms. The fraction of sp³-hybridized carbons (Fsp3) is 0.417. The van der Waals surface area contributed by atoms with Crippen LogP contribution in [0.1, 0.15) is 49.1 Å². The van der Waals surface area contributed by atoms with Crippen molar-refractivity contribution in [3.8, 4) is 17.2 Å². The van der Waals surface area contributed by atoms with Crippen LogP contribution in [0.2, 0.25) is 0 Å². The maximum Gasteiger partial charge on any atom is 0.213 e. The molecular weight excluding hydrogens is 505 g/mol. The molecule has 6 nitrogen and oxygen atoms in total. The third-order valence-corrected chi connectivity index (χ3v) is 5.82. The van der Waals surface area contributed by atoms with Gasteiger partial charge < -0.3 is 20.7 Å². The lowest BCUT2D eigenvalue weighted by Crippen LogP contribution is -2.55.